The lowest BCUT2D eigenvalue weighted by atomic mass is 10.2. The lowest BCUT2D eigenvalue weighted by Gasteiger charge is -1.95. The van der Waals surface area contributed by atoms with Crippen LogP contribution in [0.5, 0.6) is 0 Å². The fourth-order valence-electron chi connectivity index (χ4n) is 0.681. The van der Waals surface area contributed by atoms with Crippen molar-refractivity contribution in [2.75, 3.05) is 0 Å². The number of carbonyl (C=O) groups excluding carboxylic acids is 1. The predicted molar refractivity (Wildman–Crippen MR) is 44.1 cm³/mol. The highest BCUT2D eigenvalue weighted by Crippen LogP contribution is 2.13. The summed E-state index contributed by atoms with van der Waals surface area (Å²) in [6.07, 6.45) is 1.26. The van der Waals surface area contributed by atoms with Gasteiger partial charge in [-0.1, -0.05) is 11.6 Å². The summed E-state index contributed by atoms with van der Waals surface area (Å²) < 4.78 is 0. The van der Waals surface area contributed by atoms with Crippen molar-refractivity contribution in [3.8, 4) is 6.07 Å². The van der Waals surface area contributed by atoms with E-state index in [9.17, 15) is 4.79 Å². The second kappa shape index (κ2) is 3.53. The summed E-state index contributed by atoms with van der Waals surface area (Å²) in [4.78, 5) is 14.3. The van der Waals surface area contributed by atoms with Gasteiger partial charge >= 0.3 is 0 Å². The molecule has 0 unspecified atom stereocenters. The van der Waals surface area contributed by atoms with Crippen molar-refractivity contribution in [1.82, 2.24) is 4.98 Å². The lowest BCUT2D eigenvalue weighted by Crippen LogP contribution is -1.97. The van der Waals surface area contributed by atoms with Crippen molar-refractivity contribution < 1.29 is 4.79 Å². The first-order valence-electron chi connectivity index (χ1n) is 2.90. The third-order valence-electron chi connectivity index (χ3n) is 1.16. The molecule has 1 rings (SSSR count). The molecule has 1 aromatic rings. The third kappa shape index (κ3) is 1.73. The van der Waals surface area contributed by atoms with Crippen LogP contribution < -0.4 is 0 Å². The second-order valence-corrected chi connectivity index (χ2v) is 2.71. The average Bonchev–Trinajstić information content (AvgIpc) is 2.03. The SMILES string of the molecule is N#Cc1cc(Cl)cnc1C(=O)Cl. The number of nitrogens with zero attached hydrogens (tertiary/aromatic N) is 2. The molecule has 0 bridgehead atoms. The fraction of sp³-hybridized carbons (Fsp3) is 0. The summed E-state index contributed by atoms with van der Waals surface area (Å²) in [5.74, 6) is 0. The summed E-state index contributed by atoms with van der Waals surface area (Å²) in [5, 5.41) is 8.07. The number of carbonyl (C=O) groups is 1. The highest BCUT2D eigenvalue weighted by molar-refractivity contribution is 6.67. The Balaban J connectivity index is 3.32. The number of hydrogen-bond acceptors (Lipinski definition) is 3. The molecule has 12 heavy (non-hydrogen) atoms. The van der Waals surface area contributed by atoms with E-state index in [1.165, 1.54) is 12.3 Å². The van der Waals surface area contributed by atoms with Gasteiger partial charge in [0.1, 0.15) is 11.8 Å². The molecule has 0 saturated carbocycles. The minimum absolute atomic E-state index is 0.0661. The Bertz CT molecular complexity index is 370. The monoisotopic (exact) mass is 200 g/mol. The number of rotatable bonds is 1. The van der Waals surface area contributed by atoms with Crippen molar-refractivity contribution in [2.24, 2.45) is 0 Å². The number of aromatic nitrogens is 1. The zero-order valence-corrected chi connectivity index (χ0v) is 7.23. The van der Waals surface area contributed by atoms with Crippen LogP contribution in [-0.2, 0) is 0 Å². The Kier molecular flexibility index (Phi) is 2.64. The van der Waals surface area contributed by atoms with E-state index in [0.29, 0.717) is 5.02 Å². The number of halogens is 2. The quantitative estimate of drug-likeness (QED) is 0.652. The molecule has 5 heteroatoms. The van der Waals surface area contributed by atoms with Gasteiger partial charge < -0.3 is 0 Å². The van der Waals surface area contributed by atoms with Gasteiger partial charge in [0.05, 0.1) is 10.6 Å². The van der Waals surface area contributed by atoms with E-state index < -0.39 is 5.24 Å². The second-order valence-electron chi connectivity index (χ2n) is 1.94. The molecule has 0 saturated heterocycles. The maximum atomic E-state index is 10.6. The molecule has 0 aliphatic rings. The van der Waals surface area contributed by atoms with Crippen LogP contribution in [0.2, 0.25) is 5.02 Å². The molecule has 0 aliphatic heterocycles. The zero-order valence-electron chi connectivity index (χ0n) is 5.71. The highest BCUT2D eigenvalue weighted by Gasteiger charge is 2.10. The van der Waals surface area contributed by atoms with Gasteiger partial charge in [0.25, 0.3) is 5.24 Å². The largest absolute Gasteiger partial charge is 0.274 e. The third-order valence-corrected chi connectivity index (χ3v) is 1.55. The molecule has 60 valence electrons. The van der Waals surface area contributed by atoms with Crippen molar-refractivity contribution in [1.29, 1.82) is 5.26 Å². The number of pyridine rings is 1. The topological polar surface area (TPSA) is 53.8 Å². The fourth-order valence-corrected chi connectivity index (χ4v) is 0.990. The maximum Gasteiger partial charge on any atom is 0.272 e. The normalized spacial score (nSPS) is 9.08. The van der Waals surface area contributed by atoms with E-state index in [4.69, 9.17) is 28.5 Å². The summed E-state index contributed by atoms with van der Waals surface area (Å²) in [7, 11) is 0. The lowest BCUT2D eigenvalue weighted by molar-refractivity contribution is 0.107. The van der Waals surface area contributed by atoms with Crippen LogP contribution >= 0.6 is 23.2 Å². The van der Waals surface area contributed by atoms with Crippen LogP contribution in [0.15, 0.2) is 12.3 Å². The van der Waals surface area contributed by atoms with Crippen LogP contribution in [0.25, 0.3) is 0 Å². The first-order valence-corrected chi connectivity index (χ1v) is 3.66. The van der Waals surface area contributed by atoms with Crippen LogP contribution in [0, 0.1) is 11.3 Å². The van der Waals surface area contributed by atoms with E-state index in [2.05, 4.69) is 4.98 Å². The first kappa shape index (κ1) is 8.98. The van der Waals surface area contributed by atoms with E-state index in [-0.39, 0.29) is 11.3 Å². The predicted octanol–water partition coefficient (Wildman–Crippen LogP) is 1.99. The van der Waals surface area contributed by atoms with Gasteiger partial charge in [-0.3, -0.25) is 4.79 Å². The van der Waals surface area contributed by atoms with Gasteiger partial charge in [0.2, 0.25) is 0 Å². The van der Waals surface area contributed by atoms with E-state index in [1.807, 2.05) is 0 Å². The van der Waals surface area contributed by atoms with Crippen molar-refractivity contribution >= 4 is 28.4 Å². The summed E-state index contributed by atoms with van der Waals surface area (Å²) >= 11 is 10.7. The Morgan fingerprint density at radius 3 is 2.83 bits per heavy atom. The van der Waals surface area contributed by atoms with Crippen molar-refractivity contribution in [3.05, 3.63) is 28.5 Å². The summed E-state index contributed by atoms with van der Waals surface area (Å²) in [6.45, 7) is 0. The minimum Gasteiger partial charge on any atom is -0.274 e. The molecule has 3 nitrogen and oxygen atoms in total. The Labute approximate surface area is 78.5 Å². The number of hydrogen-bond donors (Lipinski definition) is 0. The van der Waals surface area contributed by atoms with Gasteiger partial charge in [-0.25, -0.2) is 4.98 Å². The van der Waals surface area contributed by atoms with E-state index in [1.54, 1.807) is 6.07 Å². The molecule has 0 aliphatic carbocycles. The minimum atomic E-state index is -0.761. The smallest absolute Gasteiger partial charge is 0.272 e. The molecule has 1 heterocycles. The molecule has 0 radical (unpaired) electrons. The highest BCUT2D eigenvalue weighted by atomic mass is 35.5. The standard InChI is InChI=1S/C7H2Cl2N2O/c8-5-1-4(2-10)6(7(9)12)11-3-5/h1,3H. The van der Waals surface area contributed by atoms with Gasteiger partial charge in [0.15, 0.2) is 0 Å². The molecule has 0 N–H and O–H groups in total. The molecular weight excluding hydrogens is 199 g/mol. The van der Waals surface area contributed by atoms with Crippen LogP contribution in [0.3, 0.4) is 0 Å². The van der Waals surface area contributed by atoms with Crippen LogP contribution in [0.4, 0.5) is 0 Å². The van der Waals surface area contributed by atoms with Crippen molar-refractivity contribution in [2.45, 2.75) is 0 Å². The Hall–Kier alpha value is -1.11. The van der Waals surface area contributed by atoms with Crippen LogP contribution in [-0.4, -0.2) is 10.2 Å². The molecule has 0 fully saturated rings. The van der Waals surface area contributed by atoms with E-state index >= 15 is 0 Å². The van der Waals surface area contributed by atoms with E-state index in [0.717, 1.165) is 0 Å². The van der Waals surface area contributed by atoms with Gasteiger partial charge in [-0.05, 0) is 17.7 Å². The average molecular weight is 201 g/mol. The van der Waals surface area contributed by atoms with Crippen molar-refractivity contribution in [3.63, 3.8) is 0 Å². The number of nitriles is 1. The molecule has 1 aromatic heterocycles. The molecule has 0 amide bonds. The zero-order chi connectivity index (χ0) is 9.14. The first-order chi connectivity index (χ1) is 5.65. The van der Waals surface area contributed by atoms with Gasteiger partial charge in [-0.2, -0.15) is 5.26 Å². The molecule has 0 atom stereocenters. The van der Waals surface area contributed by atoms with Gasteiger partial charge in [0, 0.05) is 6.20 Å². The van der Waals surface area contributed by atoms with Gasteiger partial charge in [-0.15, -0.1) is 0 Å². The Morgan fingerprint density at radius 2 is 2.33 bits per heavy atom. The maximum absolute atomic E-state index is 10.6. The summed E-state index contributed by atoms with van der Waals surface area (Å²) in [6, 6.07) is 3.10. The summed E-state index contributed by atoms with van der Waals surface area (Å²) in [5.41, 5.74) is 0.0195. The Morgan fingerprint density at radius 1 is 1.67 bits per heavy atom. The van der Waals surface area contributed by atoms with Crippen LogP contribution in [0.1, 0.15) is 16.1 Å². The molecule has 0 aromatic carbocycles. The molecular formula is C7H2Cl2N2O. The molecule has 0 spiro atoms.